The monoisotopic (exact) mass is 269 g/mol. The van der Waals surface area contributed by atoms with E-state index in [1.807, 2.05) is 25.2 Å². The molecule has 0 N–H and O–H groups in total. The van der Waals surface area contributed by atoms with Crippen molar-refractivity contribution in [2.24, 2.45) is 7.05 Å². The van der Waals surface area contributed by atoms with E-state index < -0.39 is 0 Å². The second kappa shape index (κ2) is 5.16. The van der Waals surface area contributed by atoms with E-state index in [9.17, 15) is 4.79 Å². The molecule has 1 heterocycles. The predicted molar refractivity (Wildman–Crippen MR) is 79.7 cm³/mol. The number of hydrogen-bond donors (Lipinski definition) is 0. The number of nitrogens with zero attached hydrogens (tertiary/aromatic N) is 1. The van der Waals surface area contributed by atoms with Crippen LogP contribution in [0.15, 0.2) is 46.2 Å². The summed E-state index contributed by atoms with van der Waals surface area (Å²) in [6.07, 6.45) is 3.90. The van der Waals surface area contributed by atoms with E-state index in [0.717, 1.165) is 48.1 Å². The van der Waals surface area contributed by atoms with Crippen LogP contribution in [0.1, 0.15) is 42.0 Å². The predicted octanol–water partition coefficient (Wildman–Crippen LogP) is 3.50. The van der Waals surface area contributed by atoms with Gasteiger partial charge in [-0.15, -0.1) is 0 Å². The average Bonchev–Trinajstić information content (AvgIpc) is 2.76. The van der Waals surface area contributed by atoms with Gasteiger partial charge in [-0.05, 0) is 42.7 Å². The third-order valence-corrected chi connectivity index (χ3v) is 4.18. The summed E-state index contributed by atoms with van der Waals surface area (Å²) in [5.41, 5.74) is 4.00. The van der Waals surface area contributed by atoms with Crippen molar-refractivity contribution in [2.75, 3.05) is 0 Å². The molecule has 104 valence electrons. The van der Waals surface area contributed by atoms with E-state index in [2.05, 4.69) is 18.7 Å². The second-order valence-corrected chi connectivity index (χ2v) is 5.50. The molecule has 3 nitrogen and oxygen atoms in total. The van der Waals surface area contributed by atoms with Gasteiger partial charge in [-0.2, -0.15) is 0 Å². The first-order valence-electron chi connectivity index (χ1n) is 7.09. The van der Waals surface area contributed by atoms with Gasteiger partial charge < -0.3 is 4.52 Å². The molecule has 0 radical (unpaired) electrons. The van der Waals surface area contributed by atoms with Crippen molar-refractivity contribution in [2.45, 2.75) is 31.6 Å². The Kier molecular flexibility index (Phi) is 3.35. The number of hydrogen-bond acceptors (Lipinski definition) is 2. The Balaban J connectivity index is 1.87. The van der Waals surface area contributed by atoms with E-state index in [1.54, 1.807) is 4.74 Å². The molecule has 3 heteroatoms. The highest BCUT2D eigenvalue weighted by atomic mass is 16.5. The summed E-state index contributed by atoms with van der Waals surface area (Å²) < 4.78 is 6.85. The van der Waals surface area contributed by atoms with Crippen molar-refractivity contribution in [3.05, 3.63) is 64.2 Å². The molecule has 0 spiro atoms. The molecule has 20 heavy (non-hydrogen) atoms. The van der Waals surface area contributed by atoms with Gasteiger partial charge >= 0.3 is 5.63 Å². The Morgan fingerprint density at radius 1 is 1.40 bits per heavy atom. The average molecular weight is 269 g/mol. The molecule has 1 aliphatic rings. The van der Waals surface area contributed by atoms with Gasteiger partial charge in [0.25, 0.3) is 0 Å². The lowest BCUT2D eigenvalue weighted by molar-refractivity contribution is 0.277. The van der Waals surface area contributed by atoms with Gasteiger partial charge in [0.15, 0.2) is 0 Å². The summed E-state index contributed by atoms with van der Waals surface area (Å²) in [6.45, 7) is 4.19. The van der Waals surface area contributed by atoms with E-state index in [0.29, 0.717) is 0 Å². The van der Waals surface area contributed by atoms with E-state index in [4.69, 9.17) is 4.52 Å². The molecule has 3 rings (SSSR count). The molecule has 1 atom stereocenters. The van der Waals surface area contributed by atoms with Crippen LogP contribution in [0.25, 0.3) is 5.57 Å². The summed E-state index contributed by atoms with van der Waals surface area (Å²) in [5.74, 6) is 0.240. The molecule has 0 unspecified atom stereocenters. The number of allylic oxidation sites excluding steroid dienone is 1. The zero-order valence-corrected chi connectivity index (χ0v) is 11.8. The molecular weight excluding hydrogens is 250 g/mol. The summed E-state index contributed by atoms with van der Waals surface area (Å²) in [5, 5.41) is 0. The lowest BCUT2D eigenvalue weighted by Crippen LogP contribution is -2.16. The molecule has 0 saturated carbocycles. The molecule has 0 amide bonds. The van der Waals surface area contributed by atoms with Gasteiger partial charge in [-0.25, -0.2) is 9.53 Å². The number of aryl methyl sites for hydroxylation is 1. The Hall–Kier alpha value is -2.03. The summed E-state index contributed by atoms with van der Waals surface area (Å²) in [7, 11) is 1.81. The van der Waals surface area contributed by atoms with Crippen LogP contribution in [-0.4, -0.2) is 4.74 Å². The number of rotatable bonds is 3. The zero-order valence-electron chi connectivity index (χ0n) is 11.8. The first-order valence-corrected chi connectivity index (χ1v) is 7.09. The Bertz CT molecular complexity index is 679. The first-order chi connectivity index (χ1) is 9.66. The van der Waals surface area contributed by atoms with Gasteiger partial charge in [0.05, 0.1) is 11.3 Å². The molecular formula is C17H19NO2. The number of benzene rings is 1. The molecule has 1 aliphatic carbocycles. The fourth-order valence-electron chi connectivity index (χ4n) is 3.16. The largest absolute Gasteiger partial charge is 0.361 e. The van der Waals surface area contributed by atoms with Gasteiger partial charge in [-0.1, -0.05) is 36.9 Å². The zero-order chi connectivity index (χ0) is 14.1. The Labute approximate surface area is 118 Å². The van der Waals surface area contributed by atoms with Gasteiger partial charge in [0.1, 0.15) is 0 Å². The smallest absolute Gasteiger partial charge is 0.336 e. The number of fused-ring (bicyclic) bond motifs is 1. The molecule has 0 saturated heterocycles. The van der Waals surface area contributed by atoms with Crippen LogP contribution < -0.4 is 5.63 Å². The van der Waals surface area contributed by atoms with Gasteiger partial charge in [0.2, 0.25) is 0 Å². The van der Waals surface area contributed by atoms with Gasteiger partial charge in [-0.3, -0.25) is 0 Å². The van der Waals surface area contributed by atoms with Crippen LogP contribution in [0.3, 0.4) is 0 Å². The maximum atomic E-state index is 12.0. The van der Waals surface area contributed by atoms with Crippen LogP contribution in [0, 0.1) is 0 Å². The summed E-state index contributed by atoms with van der Waals surface area (Å²) in [6, 6.07) is 10.2. The fraction of sp³-hybridized carbons (Fsp3) is 0.353. The minimum atomic E-state index is -0.173. The standard InChI is InChI=1S/C17H19NO2/c1-12(13-7-4-3-5-8-13)11-14-9-6-10-15-16(14)17(19)20-18(15)2/h3-5,7-8,14H,1,6,9-11H2,2H3/t14-/m0/s1. The third kappa shape index (κ3) is 2.24. The maximum Gasteiger partial charge on any atom is 0.361 e. The van der Waals surface area contributed by atoms with Crippen LogP contribution in [0.4, 0.5) is 0 Å². The van der Waals surface area contributed by atoms with E-state index >= 15 is 0 Å². The fourth-order valence-corrected chi connectivity index (χ4v) is 3.16. The minimum Gasteiger partial charge on any atom is -0.336 e. The molecule has 1 aromatic heterocycles. The molecule has 2 aromatic rings. The highest BCUT2D eigenvalue weighted by Gasteiger charge is 2.28. The topological polar surface area (TPSA) is 35.1 Å². The third-order valence-electron chi connectivity index (χ3n) is 4.18. The molecule has 0 aliphatic heterocycles. The molecule has 1 aromatic carbocycles. The Morgan fingerprint density at radius 3 is 2.90 bits per heavy atom. The van der Waals surface area contributed by atoms with Crippen molar-refractivity contribution >= 4 is 5.57 Å². The number of aromatic nitrogens is 1. The van der Waals surface area contributed by atoms with Crippen LogP contribution >= 0.6 is 0 Å². The lowest BCUT2D eigenvalue weighted by atomic mass is 9.82. The second-order valence-electron chi connectivity index (χ2n) is 5.50. The van der Waals surface area contributed by atoms with Crippen LogP contribution in [0.2, 0.25) is 0 Å². The quantitative estimate of drug-likeness (QED) is 0.854. The van der Waals surface area contributed by atoms with Crippen molar-refractivity contribution in [3.63, 3.8) is 0 Å². The first kappa shape index (κ1) is 13.0. The Morgan fingerprint density at radius 2 is 2.15 bits per heavy atom. The molecule has 0 fully saturated rings. The highest BCUT2D eigenvalue weighted by Crippen LogP contribution is 2.36. The SMILES string of the molecule is C=C(C[C@@H]1CCCc2c1c(=O)on2C)c1ccccc1. The maximum absolute atomic E-state index is 12.0. The van der Waals surface area contributed by atoms with Crippen molar-refractivity contribution in [1.82, 2.24) is 4.74 Å². The van der Waals surface area contributed by atoms with Crippen LogP contribution in [-0.2, 0) is 13.5 Å². The highest BCUT2D eigenvalue weighted by molar-refractivity contribution is 5.64. The minimum absolute atomic E-state index is 0.173. The van der Waals surface area contributed by atoms with Crippen LogP contribution in [0.5, 0.6) is 0 Å². The lowest BCUT2D eigenvalue weighted by Gasteiger charge is -2.22. The van der Waals surface area contributed by atoms with Crippen molar-refractivity contribution in [1.29, 1.82) is 0 Å². The molecule has 0 bridgehead atoms. The summed E-state index contributed by atoms with van der Waals surface area (Å²) in [4.78, 5) is 12.0. The normalized spacial score (nSPS) is 17.8. The van der Waals surface area contributed by atoms with Crippen molar-refractivity contribution < 1.29 is 4.52 Å². The van der Waals surface area contributed by atoms with E-state index in [1.165, 1.54) is 0 Å². The van der Waals surface area contributed by atoms with E-state index in [-0.39, 0.29) is 11.5 Å². The van der Waals surface area contributed by atoms with Gasteiger partial charge in [0, 0.05) is 7.05 Å². The van der Waals surface area contributed by atoms with Crippen molar-refractivity contribution in [3.8, 4) is 0 Å². The summed E-state index contributed by atoms with van der Waals surface area (Å²) >= 11 is 0.